The number of hydrogen-bond acceptors (Lipinski definition) is 7. The molecule has 7 nitrogen and oxygen atoms in total. The summed E-state index contributed by atoms with van der Waals surface area (Å²) in [5.41, 5.74) is 0.624. The Bertz CT molecular complexity index is 669. The number of nitriles is 1. The fourth-order valence-electron chi connectivity index (χ4n) is 2.60. The molecule has 1 aliphatic rings. The van der Waals surface area contributed by atoms with Crippen LogP contribution in [0.4, 0.5) is 11.8 Å². The van der Waals surface area contributed by atoms with Crippen molar-refractivity contribution in [2.24, 2.45) is 0 Å². The second kappa shape index (κ2) is 6.43. The summed E-state index contributed by atoms with van der Waals surface area (Å²) < 4.78 is 5.48. The van der Waals surface area contributed by atoms with Gasteiger partial charge in [-0.1, -0.05) is 12.0 Å². The molecule has 3 rings (SSSR count). The molecular formula is C15H18N6O. The predicted molar refractivity (Wildman–Crippen MR) is 81.5 cm³/mol. The van der Waals surface area contributed by atoms with Gasteiger partial charge in [0.2, 0.25) is 5.89 Å². The van der Waals surface area contributed by atoms with Crippen molar-refractivity contribution in [1.29, 1.82) is 5.26 Å². The van der Waals surface area contributed by atoms with Crippen molar-refractivity contribution in [2.45, 2.75) is 32.2 Å². The second-order valence-electron chi connectivity index (χ2n) is 5.25. The molecule has 0 aliphatic carbocycles. The quantitative estimate of drug-likeness (QED) is 0.922. The van der Waals surface area contributed by atoms with Crippen molar-refractivity contribution in [3.8, 4) is 6.07 Å². The lowest BCUT2D eigenvalue weighted by atomic mass is 10.0. The van der Waals surface area contributed by atoms with Gasteiger partial charge in [0.05, 0.1) is 5.56 Å². The lowest BCUT2D eigenvalue weighted by Gasteiger charge is -2.33. The maximum absolute atomic E-state index is 9.16. The summed E-state index contributed by atoms with van der Waals surface area (Å²) in [4.78, 5) is 6.49. The molecule has 0 aromatic carbocycles. The van der Waals surface area contributed by atoms with Crippen LogP contribution in [0.2, 0.25) is 0 Å². The maximum Gasteiger partial charge on any atom is 0.315 e. The van der Waals surface area contributed by atoms with Crippen molar-refractivity contribution in [3.05, 3.63) is 29.8 Å². The molecule has 0 spiro atoms. The first-order valence-corrected chi connectivity index (χ1v) is 7.49. The largest absolute Gasteiger partial charge is 0.408 e. The van der Waals surface area contributed by atoms with Gasteiger partial charge in [-0.15, -0.1) is 5.10 Å². The molecule has 0 saturated carbocycles. The van der Waals surface area contributed by atoms with Crippen LogP contribution < -0.4 is 10.2 Å². The summed E-state index contributed by atoms with van der Waals surface area (Å²) in [6.45, 7) is 3.67. The Morgan fingerprint density at radius 3 is 2.91 bits per heavy atom. The molecule has 2 aromatic heterocycles. The van der Waals surface area contributed by atoms with Gasteiger partial charge in [0, 0.05) is 31.7 Å². The molecule has 1 saturated heterocycles. The van der Waals surface area contributed by atoms with Crippen molar-refractivity contribution in [3.63, 3.8) is 0 Å². The van der Waals surface area contributed by atoms with E-state index in [2.05, 4.69) is 31.5 Å². The average molecular weight is 298 g/mol. The zero-order valence-electron chi connectivity index (χ0n) is 12.5. The van der Waals surface area contributed by atoms with Crippen LogP contribution in [0.3, 0.4) is 0 Å². The van der Waals surface area contributed by atoms with E-state index in [1.807, 2.05) is 6.92 Å². The number of anilines is 2. The molecule has 0 amide bonds. The van der Waals surface area contributed by atoms with E-state index < -0.39 is 0 Å². The molecule has 1 aliphatic heterocycles. The highest BCUT2D eigenvalue weighted by atomic mass is 16.4. The number of aromatic nitrogens is 3. The van der Waals surface area contributed by atoms with Gasteiger partial charge in [0.25, 0.3) is 0 Å². The van der Waals surface area contributed by atoms with Crippen LogP contribution in [-0.4, -0.2) is 34.3 Å². The highest BCUT2D eigenvalue weighted by Crippen LogP contribution is 2.22. The Labute approximate surface area is 129 Å². The molecule has 0 unspecified atom stereocenters. The van der Waals surface area contributed by atoms with Gasteiger partial charge in [0.1, 0.15) is 11.9 Å². The normalized spacial score (nSPS) is 15.5. The lowest BCUT2D eigenvalue weighted by molar-refractivity contribution is 0.476. The van der Waals surface area contributed by atoms with Gasteiger partial charge in [-0.2, -0.15) is 5.26 Å². The zero-order valence-corrected chi connectivity index (χ0v) is 12.5. The van der Waals surface area contributed by atoms with E-state index in [0.717, 1.165) is 38.2 Å². The Morgan fingerprint density at radius 1 is 1.41 bits per heavy atom. The molecule has 0 atom stereocenters. The Balaban J connectivity index is 1.59. The third-order valence-corrected chi connectivity index (χ3v) is 3.80. The van der Waals surface area contributed by atoms with Crippen molar-refractivity contribution in [1.82, 2.24) is 15.2 Å². The van der Waals surface area contributed by atoms with E-state index in [9.17, 15) is 0 Å². The molecule has 22 heavy (non-hydrogen) atoms. The minimum Gasteiger partial charge on any atom is -0.408 e. The zero-order chi connectivity index (χ0) is 15.4. The summed E-state index contributed by atoms with van der Waals surface area (Å²) in [5.74, 6) is 1.42. The van der Waals surface area contributed by atoms with Gasteiger partial charge >= 0.3 is 6.01 Å². The number of nitrogens with zero attached hydrogens (tertiary/aromatic N) is 5. The van der Waals surface area contributed by atoms with Gasteiger partial charge in [-0.3, -0.25) is 0 Å². The van der Waals surface area contributed by atoms with E-state index >= 15 is 0 Å². The van der Waals surface area contributed by atoms with Crippen LogP contribution in [0.1, 0.15) is 31.2 Å². The van der Waals surface area contributed by atoms with E-state index in [4.69, 9.17) is 9.68 Å². The van der Waals surface area contributed by atoms with E-state index in [1.165, 1.54) is 0 Å². The standard InChI is InChI=1S/C15H18N6O/c1-2-13-19-20-15(22-13)18-12-5-8-21(9-6-12)14-11(10-16)4-3-7-17-14/h3-4,7,12H,2,5-6,8-9H2,1H3,(H,18,20). The van der Waals surface area contributed by atoms with Gasteiger partial charge < -0.3 is 14.6 Å². The smallest absolute Gasteiger partial charge is 0.315 e. The molecule has 0 bridgehead atoms. The third-order valence-electron chi connectivity index (χ3n) is 3.80. The molecule has 1 fully saturated rings. The van der Waals surface area contributed by atoms with Gasteiger partial charge in [-0.05, 0) is 25.0 Å². The van der Waals surface area contributed by atoms with Crippen LogP contribution >= 0.6 is 0 Å². The Kier molecular flexibility index (Phi) is 4.19. The van der Waals surface area contributed by atoms with Crippen LogP contribution in [0.5, 0.6) is 0 Å². The minimum absolute atomic E-state index is 0.302. The fourth-order valence-corrected chi connectivity index (χ4v) is 2.60. The minimum atomic E-state index is 0.302. The molecule has 7 heteroatoms. The van der Waals surface area contributed by atoms with Gasteiger partial charge in [-0.25, -0.2) is 4.98 Å². The summed E-state index contributed by atoms with van der Waals surface area (Å²) in [6.07, 6.45) is 4.34. The van der Waals surface area contributed by atoms with Crippen molar-refractivity contribution in [2.75, 3.05) is 23.3 Å². The predicted octanol–water partition coefficient (Wildman–Crippen LogP) is 1.98. The van der Waals surface area contributed by atoms with Crippen LogP contribution in [0.15, 0.2) is 22.7 Å². The SMILES string of the molecule is CCc1nnc(NC2CCN(c3ncccc3C#N)CC2)o1. The van der Waals surface area contributed by atoms with E-state index in [0.29, 0.717) is 23.5 Å². The summed E-state index contributed by atoms with van der Waals surface area (Å²) >= 11 is 0. The molecule has 114 valence electrons. The lowest BCUT2D eigenvalue weighted by Crippen LogP contribution is -2.39. The highest BCUT2D eigenvalue weighted by Gasteiger charge is 2.23. The number of hydrogen-bond donors (Lipinski definition) is 1. The van der Waals surface area contributed by atoms with E-state index in [1.54, 1.807) is 18.3 Å². The second-order valence-corrected chi connectivity index (χ2v) is 5.25. The van der Waals surface area contributed by atoms with Crippen LogP contribution in [0.25, 0.3) is 0 Å². The number of pyridine rings is 1. The molecule has 2 aromatic rings. The molecule has 3 heterocycles. The fraction of sp³-hybridized carbons (Fsp3) is 0.467. The number of aryl methyl sites for hydroxylation is 1. The first kappa shape index (κ1) is 14.3. The first-order valence-electron chi connectivity index (χ1n) is 7.49. The number of piperidine rings is 1. The summed E-state index contributed by atoms with van der Waals surface area (Å²) in [7, 11) is 0. The van der Waals surface area contributed by atoms with Crippen LogP contribution in [-0.2, 0) is 6.42 Å². The molecular weight excluding hydrogens is 280 g/mol. The molecule has 0 radical (unpaired) electrons. The topological polar surface area (TPSA) is 90.9 Å². The van der Waals surface area contributed by atoms with Crippen LogP contribution in [0, 0.1) is 11.3 Å². The first-order chi connectivity index (χ1) is 10.8. The summed E-state index contributed by atoms with van der Waals surface area (Å²) in [5, 5.41) is 20.4. The van der Waals surface area contributed by atoms with Gasteiger partial charge in [0.15, 0.2) is 0 Å². The monoisotopic (exact) mass is 298 g/mol. The highest BCUT2D eigenvalue weighted by molar-refractivity contribution is 5.53. The van der Waals surface area contributed by atoms with Crippen molar-refractivity contribution < 1.29 is 4.42 Å². The molecule has 1 N–H and O–H groups in total. The van der Waals surface area contributed by atoms with E-state index in [-0.39, 0.29) is 0 Å². The maximum atomic E-state index is 9.16. The number of rotatable bonds is 4. The Hall–Kier alpha value is -2.62. The van der Waals surface area contributed by atoms with Crippen molar-refractivity contribution >= 4 is 11.8 Å². The average Bonchev–Trinajstić information content (AvgIpc) is 3.03. The third kappa shape index (κ3) is 3.01. The Morgan fingerprint density at radius 2 is 2.23 bits per heavy atom. The number of nitrogens with one attached hydrogen (secondary N) is 1. The summed E-state index contributed by atoms with van der Waals surface area (Å²) in [6, 6.07) is 6.59.